The van der Waals surface area contributed by atoms with Crippen LogP contribution in [-0.4, -0.2) is 22.3 Å². The maximum absolute atomic E-state index is 12.0. The molecule has 1 saturated carbocycles. The lowest BCUT2D eigenvalue weighted by Gasteiger charge is -2.23. The third-order valence-corrected chi connectivity index (χ3v) is 4.86. The van der Waals surface area contributed by atoms with Gasteiger partial charge in [-0.3, -0.25) is 4.79 Å². The summed E-state index contributed by atoms with van der Waals surface area (Å²) in [5.41, 5.74) is 1.28. The van der Waals surface area contributed by atoms with E-state index in [1.807, 2.05) is 11.8 Å². The van der Waals surface area contributed by atoms with Gasteiger partial charge < -0.3 is 4.90 Å². The minimum Gasteiger partial charge on any atom is -0.336 e. The van der Waals surface area contributed by atoms with Gasteiger partial charge >= 0.3 is 0 Å². The number of carbonyl (C=O) groups is 1. The highest BCUT2D eigenvalue weighted by molar-refractivity contribution is 7.09. The number of hydrogen-bond acceptors (Lipinski definition) is 3. The minimum absolute atomic E-state index is 0.238. The smallest absolute Gasteiger partial charge is 0.223 e. The van der Waals surface area contributed by atoms with E-state index in [1.54, 1.807) is 11.3 Å². The van der Waals surface area contributed by atoms with Crippen molar-refractivity contribution in [3.05, 3.63) is 16.1 Å². The number of nitrogens with zero attached hydrogens (tertiary/aromatic N) is 2. The summed E-state index contributed by atoms with van der Waals surface area (Å²) in [7, 11) is 0. The van der Waals surface area contributed by atoms with E-state index in [-0.39, 0.29) is 5.41 Å². The molecule has 0 aromatic carbocycles. The minimum atomic E-state index is 0.238. The zero-order valence-corrected chi connectivity index (χ0v) is 11.2. The molecule has 2 aliphatic rings. The average Bonchev–Trinajstić information content (AvgIpc) is 2.98. The first-order valence-electron chi connectivity index (χ1n) is 6.26. The Kier molecular flexibility index (Phi) is 2.51. The van der Waals surface area contributed by atoms with Gasteiger partial charge in [0.05, 0.1) is 17.2 Å². The van der Waals surface area contributed by atoms with Gasteiger partial charge in [-0.15, -0.1) is 11.3 Å². The molecule has 1 aliphatic carbocycles. The van der Waals surface area contributed by atoms with E-state index in [2.05, 4.69) is 17.3 Å². The molecule has 1 saturated heterocycles. The molecule has 92 valence electrons. The zero-order valence-electron chi connectivity index (χ0n) is 10.4. The van der Waals surface area contributed by atoms with Crippen molar-refractivity contribution in [3.63, 3.8) is 0 Å². The molecular formula is C13H18N2OS. The first-order valence-corrected chi connectivity index (χ1v) is 7.13. The summed E-state index contributed by atoms with van der Waals surface area (Å²) in [4.78, 5) is 18.5. The van der Waals surface area contributed by atoms with E-state index in [4.69, 9.17) is 0 Å². The Morgan fingerprint density at radius 1 is 1.59 bits per heavy atom. The maximum atomic E-state index is 12.0. The molecule has 1 aromatic rings. The summed E-state index contributed by atoms with van der Waals surface area (Å²) in [6.45, 7) is 5.90. The molecule has 0 radical (unpaired) electrons. The monoisotopic (exact) mass is 250 g/mol. The first-order chi connectivity index (χ1) is 8.07. The summed E-state index contributed by atoms with van der Waals surface area (Å²) in [6, 6.07) is 0. The molecule has 1 atom stereocenters. The predicted octanol–water partition coefficient (Wildman–Crippen LogP) is 2.60. The number of hydrogen-bond donors (Lipinski definition) is 0. The van der Waals surface area contributed by atoms with Crippen molar-refractivity contribution in [1.29, 1.82) is 0 Å². The van der Waals surface area contributed by atoms with Gasteiger partial charge in [-0.25, -0.2) is 4.98 Å². The molecule has 0 bridgehead atoms. The van der Waals surface area contributed by atoms with Crippen LogP contribution in [0.4, 0.5) is 0 Å². The van der Waals surface area contributed by atoms with Gasteiger partial charge in [0.1, 0.15) is 0 Å². The Bertz CT molecular complexity index is 452. The van der Waals surface area contributed by atoms with Gasteiger partial charge in [0.2, 0.25) is 5.91 Å². The van der Waals surface area contributed by atoms with Crippen LogP contribution >= 0.6 is 11.3 Å². The van der Waals surface area contributed by atoms with Crippen molar-refractivity contribution in [2.45, 2.75) is 39.7 Å². The lowest BCUT2D eigenvalue weighted by Crippen LogP contribution is -2.27. The number of thiazole rings is 1. The molecule has 3 rings (SSSR count). The van der Waals surface area contributed by atoms with Crippen LogP contribution < -0.4 is 0 Å². The normalized spacial score (nSPS) is 29.1. The second kappa shape index (κ2) is 3.80. The molecule has 3 nitrogen and oxygen atoms in total. The average molecular weight is 250 g/mol. The van der Waals surface area contributed by atoms with Crippen molar-refractivity contribution >= 4 is 17.2 Å². The maximum Gasteiger partial charge on any atom is 0.223 e. The first kappa shape index (κ1) is 11.2. The SMILES string of the molecule is Cc1nc(CN2C[C@@](C)(C3CC3)CC2=O)cs1. The highest BCUT2D eigenvalue weighted by Gasteiger charge is 2.49. The largest absolute Gasteiger partial charge is 0.336 e. The van der Waals surface area contributed by atoms with Gasteiger partial charge in [0.25, 0.3) is 0 Å². The van der Waals surface area contributed by atoms with Gasteiger partial charge in [0, 0.05) is 18.3 Å². The highest BCUT2D eigenvalue weighted by Crippen LogP contribution is 2.50. The standard InChI is InChI=1S/C13H18N2OS/c1-9-14-11(7-17-9)6-15-8-13(2,5-12(15)16)10-3-4-10/h7,10H,3-6,8H2,1-2H3/t13-/m0/s1. The summed E-state index contributed by atoms with van der Waals surface area (Å²) in [6.07, 6.45) is 3.36. The van der Waals surface area contributed by atoms with Crippen LogP contribution in [0.2, 0.25) is 0 Å². The number of aromatic nitrogens is 1. The van der Waals surface area contributed by atoms with Crippen LogP contribution in [0.15, 0.2) is 5.38 Å². The predicted molar refractivity (Wildman–Crippen MR) is 67.7 cm³/mol. The molecule has 17 heavy (non-hydrogen) atoms. The zero-order chi connectivity index (χ0) is 12.0. The fourth-order valence-corrected chi connectivity index (χ4v) is 3.52. The number of carbonyl (C=O) groups excluding carboxylic acids is 1. The Labute approximate surface area is 106 Å². The van der Waals surface area contributed by atoms with E-state index in [0.717, 1.165) is 29.6 Å². The van der Waals surface area contributed by atoms with Crippen molar-refractivity contribution in [2.24, 2.45) is 11.3 Å². The van der Waals surface area contributed by atoms with E-state index >= 15 is 0 Å². The molecule has 1 amide bonds. The molecule has 2 fully saturated rings. The van der Waals surface area contributed by atoms with Gasteiger partial charge in [0.15, 0.2) is 0 Å². The summed E-state index contributed by atoms with van der Waals surface area (Å²) < 4.78 is 0. The van der Waals surface area contributed by atoms with Crippen LogP contribution in [0, 0.1) is 18.3 Å². The van der Waals surface area contributed by atoms with Crippen LogP contribution in [0.5, 0.6) is 0 Å². The molecular weight excluding hydrogens is 232 g/mol. The molecule has 2 heterocycles. The van der Waals surface area contributed by atoms with Crippen LogP contribution in [0.3, 0.4) is 0 Å². The van der Waals surface area contributed by atoms with Crippen molar-refractivity contribution in [1.82, 2.24) is 9.88 Å². The number of amides is 1. The second-order valence-electron chi connectivity index (χ2n) is 5.71. The number of aryl methyl sites for hydroxylation is 1. The Morgan fingerprint density at radius 2 is 2.35 bits per heavy atom. The number of rotatable bonds is 3. The van der Waals surface area contributed by atoms with E-state index < -0.39 is 0 Å². The van der Waals surface area contributed by atoms with Crippen LogP contribution in [-0.2, 0) is 11.3 Å². The third-order valence-electron chi connectivity index (χ3n) is 4.04. The van der Waals surface area contributed by atoms with Gasteiger partial charge in [-0.05, 0) is 31.1 Å². The van der Waals surface area contributed by atoms with E-state index in [0.29, 0.717) is 12.5 Å². The van der Waals surface area contributed by atoms with Crippen molar-refractivity contribution in [3.8, 4) is 0 Å². The lowest BCUT2D eigenvalue weighted by molar-refractivity contribution is -0.128. The number of likely N-dealkylation sites (tertiary alicyclic amines) is 1. The third kappa shape index (κ3) is 2.10. The van der Waals surface area contributed by atoms with E-state index in [9.17, 15) is 4.79 Å². The summed E-state index contributed by atoms with van der Waals surface area (Å²) in [5.74, 6) is 1.10. The van der Waals surface area contributed by atoms with Gasteiger partial charge in [-0.2, -0.15) is 0 Å². The van der Waals surface area contributed by atoms with Crippen molar-refractivity contribution < 1.29 is 4.79 Å². The molecule has 1 aliphatic heterocycles. The lowest BCUT2D eigenvalue weighted by atomic mass is 9.84. The summed E-state index contributed by atoms with van der Waals surface area (Å²) in [5, 5.41) is 3.15. The highest BCUT2D eigenvalue weighted by atomic mass is 32.1. The Hall–Kier alpha value is -0.900. The van der Waals surface area contributed by atoms with Crippen LogP contribution in [0.1, 0.15) is 36.9 Å². The molecule has 0 N–H and O–H groups in total. The Morgan fingerprint density at radius 3 is 2.94 bits per heavy atom. The van der Waals surface area contributed by atoms with E-state index in [1.165, 1.54) is 12.8 Å². The topological polar surface area (TPSA) is 33.2 Å². The Balaban J connectivity index is 1.70. The van der Waals surface area contributed by atoms with Crippen LogP contribution in [0.25, 0.3) is 0 Å². The molecule has 4 heteroatoms. The molecule has 0 spiro atoms. The molecule has 1 aromatic heterocycles. The summed E-state index contributed by atoms with van der Waals surface area (Å²) >= 11 is 1.66. The quantitative estimate of drug-likeness (QED) is 0.826. The van der Waals surface area contributed by atoms with Crippen molar-refractivity contribution in [2.75, 3.05) is 6.54 Å². The fourth-order valence-electron chi connectivity index (χ4n) is 2.91. The van der Waals surface area contributed by atoms with Gasteiger partial charge in [-0.1, -0.05) is 6.92 Å². The molecule has 0 unspecified atom stereocenters. The second-order valence-corrected chi connectivity index (χ2v) is 6.77. The fraction of sp³-hybridized carbons (Fsp3) is 0.692.